The molecular formula is C21H17FN4OS. The van der Waals surface area contributed by atoms with Crippen LogP contribution < -0.4 is 5.32 Å². The largest absolute Gasteiger partial charge is 0.347 e. The summed E-state index contributed by atoms with van der Waals surface area (Å²) in [6, 6.07) is 13.8. The van der Waals surface area contributed by atoms with E-state index in [2.05, 4.69) is 15.3 Å². The lowest BCUT2D eigenvalue weighted by Gasteiger charge is -2.07. The molecule has 0 radical (unpaired) electrons. The van der Waals surface area contributed by atoms with E-state index in [4.69, 9.17) is 0 Å². The van der Waals surface area contributed by atoms with Crippen molar-refractivity contribution in [1.82, 2.24) is 19.9 Å². The van der Waals surface area contributed by atoms with Crippen LogP contribution in [0, 0.1) is 12.7 Å². The maximum absolute atomic E-state index is 13.9. The molecule has 0 bridgehead atoms. The molecule has 5 nitrogen and oxygen atoms in total. The molecule has 0 aliphatic carbocycles. The highest BCUT2D eigenvalue weighted by Gasteiger charge is 2.12. The van der Waals surface area contributed by atoms with Crippen LogP contribution in [0.25, 0.3) is 16.3 Å². The van der Waals surface area contributed by atoms with Crippen molar-refractivity contribution in [3.05, 3.63) is 89.2 Å². The number of imidazole rings is 1. The highest BCUT2D eigenvalue weighted by atomic mass is 32.1. The lowest BCUT2D eigenvalue weighted by atomic mass is 10.2. The molecule has 1 amide bonds. The Morgan fingerprint density at radius 2 is 2.00 bits per heavy atom. The number of pyridine rings is 1. The van der Waals surface area contributed by atoms with E-state index in [1.807, 2.05) is 29.8 Å². The van der Waals surface area contributed by atoms with Crippen LogP contribution in [0.1, 0.15) is 21.1 Å². The van der Waals surface area contributed by atoms with Crippen molar-refractivity contribution in [1.29, 1.82) is 0 Å². The number of rotatable bonds is 5. The van der Waals surface area contributed by atoms with Gasteiger partial charge in [0.25, 0.3) is 5.91 Å². The van der Waals surface area contributed by atoms with Gasteiger partial charge in [0.15, 0.2) is 0 Å². The smallest absolute Gasteiger partial charge is 0.261 e. The molecule has 140 valence electrons. The fourth-order valence-corrected chi connectivity index (χ4v) is 3.81. The molecule has 3 aromatic heterocycles. The van der Waals surface area contributed by atoms with Crippen molar-refractivity contribution in [2.24, 2.45) is 0 Å². The predicted octanol–water partition coefficient (Wildman–Crippen LogP) is 4.37. The van der Waals surface area contributed by atoms with Crippen LogP contribution >= 0.6 is 11.3 Å². The van der Waals surface area contributed by atoms with Crippen LogP contribution in [0.2, 0.25) is 0 Å². The second kappa shape index (κ2) is 7.74. The first-order chi connectivity index (χ1) is 13.6. The standard InChI is InChI=1S/C21H17FN4OS/c1-14-23-10-11-26(14)20-12-15(8-9-24-20)13-25-21(27)19-7-6-18(28-19)16-4-2-3-5-17(16)22/h2-12H,13H2,1H3,(H,25,27). The van der Waals surface area contributed by atoms with Crippen LogP contribution in [0.3, 0.4) is 0 Å². The summed E-state index contributed by atoms with van der Waals surface area (Å²) < 4.78 is 15.8. The zero-order valence-electron chi connectivity index (χ0n) is 15.1. The Labute approximate surface area is 165 Å². The first-order valence-electron chi connectivity index (χ1n) is 8.70. The molecule has 0 spiro atoms. The number of nitrogens with one attached hydrogen (secondary N) is 1. The molecule has 0 saturated carbocycles. The predicted molar refractivity (Wildman–Crippen MR) is 107 cm³/mol. The van der Waals surface area contributed by atoms with Crippen molar-refractivity contribution in [3.8, 4) is 16.3 Å². The quantitative estimate of drug-likeness (QED) is 0.549. The molecule has 7 heteroatoms. The molecule has 0 saturated heterocycles. The number of carbonyl (C=O) groups is 1. The summed E-state index contributed by atoms with van der Waals surface area (Å²) in [5.74, 6) is 1.10. The van der Waals surface area contributed by atoms with Gasteiger partial charge in [-0.1, -0.05) is 18.2 Å². The number of aromatic nitrogens is 3. The summed E-state index contributed by atoms with van der Waals surface area (Å²) in [4.78, 5) is 22.3. The second-order valence-electron chi connectivity index (χ2n) is 6.19. The Kier molecular flexibility index (Phi) is 4.99. The molecule has 0 aliphatic rings. The first kappa shape index (κ1) is 18.1. The first-order valence-corrected chi connectivity index (χ1v) is 9.51. The fraction of sp³-hybridized carbons (Fsp3) is 0.0952. The van der Waals surface area contributed by atoms with Gasteiger partial charge in [0.1, 0.15) is 17.5 Å². The number of carbonyl (C=O) groups excluding carboxylic acids is 1. The zero-order chi connectivity index (χ0) is 19.5. The molecule has 4 rings (SSSR count). The number of halogens is 1. The van der Waals surface area contributed by atoms with Gasteiger partial charge >= 0.3 is 0 Å². The minimum Gasteiger partial charge on any atom is -0.347 e. The average Bonchev–Trinajstić information content (AvgIpc) is 3.36. The SMILES string of the molecule is Cc1nccn1-c1cc(CNC(=O)c2ccc(-c3ccccc3F)s2)ccn1. The maximum Gasteiger partial charge on any atom is 0.261 e. The van der Waals surface area contributed by atoms with Crippen LogP contribution in [0.5, 0.6) is 0 Å². The monoisotopic (exact) mass is 392 g/mol. The normalized spacial score (nSPS) is 10.8. The summed E-state index contributed by atoms with van der Waals surface area (Å²) in [5.41, 5.74) is 1.43. The Hall–Kier alpha value is -3.32. The molecular weight excluding hydrogens is 375 g/mol. The molecule has 0 fully saturated rings. The molecule has 3 heterocycles. The number of aryl methyl sites for hydroxylation is 1. The molecule has 4 aromatic rings. The number of hydrogen-bond acceptors (Lipinski definition) is 4. The van der Waals surface area contributed by atoms with Crippen molar-refractivity contribution in [2.45, 2.75) is 13.5 Å². The van der Waals surface area contributed by atoms with Gasteiger partial charge in [0, 0.05) is 35.6 Å². The molecule has 28 heavy (non-hydrogen) atoms. The van der Waals surface area contributed by atoms with Gasteiger partial charge in [-0.25, -0.2) is 14.4 Å². The Bertz CT molecular complexity index is 1130. The molecule has 0 unspecified atom stereocenters. The number of thiophene rings is 1. The molecule has 1 aromatic carbocycles. The minimum absolute atomic E-state index is 0.190. The number of amides is 1. The Morgan fingerprint density at radius 3 is 2.79 bits per heavy atom. The highest BCUT2D eigenvalue weighted by molar-refractivity contribution is 7.17. The lowest BCUT2D eigenvalue weighted by molar-refractivity contribution is 0.0955. The van der Waals surface area contributed by atoms with Crippen molar-refractivity contribution in [2.75, 3.05) is 0 Å². The van der Waals surface area contributed by atoms with Crippen molar-refractivity contribution in [3.63, 3.8) is 0 Å². The van der Waals surface area contributed by atoms with E-state index in [0.29, 0.717) is 17.0 Å². The maximum atomic E-state index is 13.9. The highest BCUT2D eigenvalue weighted by Crippen LogP contribution is 2.30. The third kappa shape index (κ3) is 3.70. The summed E-state index contributed by atoms with van der Waals surface area (Å²) >= 11 is 1.27. The van der Waals surface area contributed by atoms with Gasteiger partial charge in [-0.3, -0.25) is 9.36 Å². The van der Waals surface area contributed by atoms with E-state index in [9.17, 15) is 9.18 Å². The van der Waals surface area contributed by atoms with Crippen LogP contribution in [-0.2, 0) is 6.54 Å². The molecule has 1 N–H and O–H groups in total. The van der Waals surface area contributed by atoms with Crippen LogP contribution in [0.15, 0.2) is 67.1 Å². The van der Waals surface area contributed by atoms with Gasteiger partial charge in [-0.2, -0.15) is 0 Å². The van der Waals surface area contributed by atoms with Gasteiger partial charge in [0.2, 0.25) is 0 Å². The zero-order valence-corrected chi connectivity index (χ0v) is 15.9. The summed E-state index contributed by atoms with van der Waals surface area (Å²) in [6.45, 7) is 2.27. The van der Waals surface area contributed by atoms with Crippen molar-refractivity contribution < 1.29 is 9.18 Å². The van der Waals surface area contributed by atoms with E-state index in [0.717, 1.165) is 22.1 Å². The van der Waals surface area contributed by atoms with E-state index in [1.54, 1.807) is 42.7 Å². The van der Waals surface area contributed by atoms with Crippen molar-refractivity contribution >= 4 is 17.2 Å². The van der Waals surface area contributed by atoms with E-state index in [1.165, 1.54) is 17.4 Å². The third-order valence-corrected chi connectivity index (χ3v) is 5.42. The Balaban J connectivity index is 1.46. The van der Waals surface area contributed by atoms with Crippen LogP contribution in [-0.4, -0.2) is 20.4 Å². The average molecular weight is 392 g/mol. The van der Waals surface area contributed by atoms with Gasteiger partial charge in [-0.05, 0) is 42.8 Å². The van der Waals surface area contributed by atoms with Crippen LogP contribution in [0.4, 0.5) is 4.39 Å². The second-order valence-corrected chi connectivity index (χ2v) is 7.28. The molecule has 0 atom stereocenters. The third-order valence-electron chi connectivity index (χ3n) is 4.30. The van der Waals surface area contributed by atoms with Gasteiger partial charge in [-0.15, -0.1) is 11.3 Å². The summed E-state index contributed by atoms with van der Waals surface area (Å²) in [7, 11) is 0. The summed E-state index contributed by atoms with van der Waals surface area (Å²) in [6.07, 6.45) is 5.27. The van der Waals surface area contributed by atoms with E-state index in [-0.39, 0.29) is 11.7 Å². The fourth-order valence-electron chi connectivity index (χ4n) is 2.86. The number of hydrogen-bond donors (Lipinski definition) is 1. The molecule has 0 aliphatic heterocycles. The van der Waals surface area contributed by atoms with E-state index < -0.39 is 0 Å². The van der Waals surface area contributed by atoms with E-state index >= 15 is 0 Å². The number of benzene rings is 1. The minimum atomic E-state index is -0.296. The lowest BCUT2D eigenvalue weighted by Crippen LogP contribution is -2.21. The topological polar surface area (TPSA) is 59.8 Å². The van der Waals surface area contributed by atoms with Gasteiger partial charge in [0.05, 0.1) is 4.88 Å². The summed E-state index contributed by atoms with van der Waals surface area (Å²) in [5, 5.41) is 2.91. The number of nitrogens with zero attached hydrogens (tertiary/aromatic N) is 3. The Morgan fingerprint density at radius 1 is 1.14 bits per heavy atom. The van der Waals surface area contributed by atoms with Gasteiger partial charge < -0.3 is 5.32 Å².